The fraction of sp³-hybridized carbons (Fsp3) is 0.900. The van der Waals surface area contributed by atoms with Crippen molar-refractivity contribution in [3.8, 4) is 0 Å². The molecule has 0 aromatic rings. The Hall–Kier alpha value is -0.810. The lowest BCUT2D eigenvalue weighted by molar-refractivity contribution is 0.164. The van der Waals surface area contributed by atoms with Gasteiger partial charge in [0.1, 0.15) is 5.84 Å². The van der Waals surface area contributed by atoms with E-state index in [1.54, 1.807) is 0 Å². The fourth-order valence-corrected chi connectivity index (χ4v) is 1.43. The predicted molar refractivity (Wildman–Crippen MR) is 61.1 cm³/mol. The molecule has 90 valence electrons. The second kappa shape index (κ2) is 8.49. The zero-order chi connectivity index (χ0) is 11.7. The lowest BCUT2D eigenvalue weighted by Gasteiger charge is -2.25. The third-order valence-electron chi connectivity index (χ3n) is 2.37. The fourth-order valence-electron chi connectivity index (χ4n) is 1.43. The summed E-state index contributed by atoms with van der Waals surface area (Å²) in [5, 5.41) is 20.1. The summed E-state index contributed by atoms with van der Waals surface area (Å²) < 4.78 is 0. The first-order valence-electron chi connectivity index (χ1n) is 5.43. The zero-order valence-electron chi connectivity index (χ0n) is 9.69. The first kappa shape index (κ1) is 14.2. The van der Waals surface area contributed by atoms with Crippen molar-refractivity contribution in [1.82, 2.24) is 4.90 Å². The quantitative estimate of drug-likeness (QED) is 0.183. The molecule has 5 heteroatoms. The van der Waals surface area contributed by atoms with Crippen LogP contribution in [0.25, 0.3) is 0 Å². The maximum atomic E-state index is 8.85. The highest BCUT2D eigenvalue weighted by atomic mass is 16.4. The Morgan fingerprint density at radius 1 is 1.33 bits per heavy atom. The molecule has 0 saturated carbocycles. The summed E-state index contributed by atoms with van der Waals surface area (Å²) in [7, 11) is 0. The molecule has 0 aliphatic heterocycles. The molecule has 0 aliphatic carbocycles. The lowest BCUT2D eigenvalue weighted by atomic mass is 10.2. The number of rotatable bonds is 8. The molecule has 0 aromatic carbocycles. The van der Waals surface area contributed by atoms with Gasteiger partial charge in [0.05, 0.1) is 6.61 Å². The number of oxime groups is 1. The molecule has 0 spiro atoms. The second-order valence-corrected chi connectivity index (χ2v) is 3.90. The van der Waals surface area contributed by atoms with Gasteiger partial charge in [-0.05, 0) is 33.2 Å². The summed E-state index contributed by atoms with van der Waals surface area (Å²) in [6.07, 6.45) is 2.53. The normalized spacial score (nSPS) is 12.7. The van der Waals surface area contributed by atoms with Gasteiger partial charge in [-0.15, -0.1) is 0 Å². The number of nitrogens with zero attached hydrogens (tertiary/aromatic N) is 2. The van der Waals surface area contributed by atoms with Crippen LogP contribution in [0.1, 0.15) is 33.1 Å². The van der Waals surface area contributed by atoms with E-state index in [9.17, 15) is 0 Å². The molecule has 0 unspecified atom stereocenters. The summed E-state index contributed by atoms with van der Waals surface area (Å²) in [5.74, 6) is 0.285. The van der Waals surface area contributed by atoms with Gasteiger partial charge in [0, 0.05) is 19.0 Å². The van der Waals surface area contributed by atoms with Crippen molar-refractivity contribution in [2.75, 3.05) is 19.7 Å². The van der Waals surface area contributed by atoms with Crippen molar-refractivity contribution in [2.24, 2.45) is 10.9 Å². The van der Waals surface area contributed by atoms with Crippen molar-refractivity contribution >= 4 is 5.84 Å². The van der Waals surface area contributed by atoms with Crippen LogP contribution in [-0.2, 0) is 0 Å². The Labute approximate surface area is 91.6 Å². The molecule has 0 aliphatic rings. The van der Waals surface area contributed by atoms with Gasteiger partial charge < -0.3 is 16.0 Å². The van der Waals surface area contributed by atoms with E-state index >= 15 is 0 Å². The maximum Gasteiger partial charge on any atom is 0.139 e. The summed E-state index contributed by atoms with van der Waals surface area (Å²) in [5.41, 5.74) is 5.35. The van der Waals surface area contributed by atoms with Crippen LogP contribution in [0.5, 0.6) is 0 Å². The van der Waals surface area contributed by atoms with Crippen LogP contribution in [0.2, 0.25) is 0 Å². The number of aliphatic hydroxyl groups is 1. The van der Waals surface area contributed by atoms with Gasteiger partial charge in [0.15, 0.2) is 0 Å². The molecule has 0 bridgehead atoms. The van der Waals surface area contributed by atoms with Gasteiger partial charge >= 0.3 is 0 Å². The van der Waals surface area contributed by atoms with E-state index in [2.05, 4.69) is 23.9 Å². The Balaban J connectivity index is 3.62. The van der Waals surface area contributed by atoms with E-state index in [1.165, 1.54) is 0 Å². The molecule has 0 amide bonds. The lowest BCUT2D eigenvalue weighted by Crippen LogP contribution is -2.34. The Morgan fingerprint density at radius 2 is 2.00 bits per heavy atom. The van der Waals surface area contributed by atoms with Crippen LogP contribution in [0.15, 0.2) is 5.16 Å². The maximum absolute atomic E-state index is 8.85. The van der Waals surface area contributed by atoms with Gasteiger partial charge in [-0.3, -0.25) is 4.90 Å². The van der Waals surface area contributed by atoms with Crippen molar-refractivity contribution < 1.29 is 10.3 Å². The van der Waals surface area contributed by atoms with Crippen molar-refractivity contribution in [1.29, 1.82) is 0 Å². The van der Waals surface area contributed by atoms with E-state index in [-0.39, 0.29) is 12.4 Å². The van der Waals surface area contributed by atoms with Crippen molar-refractivity contribution in [3.63, 3.8) is 0 Å². The minimum absolute atomic E-state index is 0.193. The number of aliphatic hydroxyl groups excluding tert-OH is 1. The highest BCUT2D eigenvalue weighted by Gasteiger charge is 2.07. The third kappa shape index (κ3) is 7.16. The van der Waals surface area contributed by atoms with Crippen LogP contribution >= 0.6 is 0 Å². The van der Waals surface area contributed by atoms with E-state index < -0.39 is 0 Å². The van der Waals surface area contributed by atoms with Crippen LogP contribution in [0.3, 0.4) is 0 Å². The van der Waals surface area contributed by atoms with E-state index in [0.717, 1.165) is 19.4 Å². The Bertz CT molecular complexity index is 184. The minimum atomic E-state index is 0.193. The summed E-state index contributed by atoms with van der Waals surface area (Å²) in [6, 6.07) is 0.445. The first-order chi connectivity index (χ1) is 7.11. The molecule has 4 N–H and O–H groups in total. The van der Waals surface area contributed by atoms with Crippen LogP contribution in [0.4, 0.5) is 0 Å². The first-order valence-corrected chi connectivity index (χ1v) is 5.43. The smallest absolute Gasteiger partial charge is 0.139 e. The SMILES string of the molecule is CC(C)N(CCO)CCCCC(N)=NO. The minimum Gasteiger partial charge on any atom is -0.409 e. The van der Waals surface area contributed by atoms with Crippen molar-refractivity contribution in [2.45, 2.75) is 39.2 Å². The second-order valence-electron chi connectivity index (χ2n) is 3.90. The Morgan fingerprint density at radius 3 is 2.47 bits per heavy atom. The Kier molecular flexibility index (Phi) is 8.04. The summed E-state index contributed by atoms with van der Waals surface area (Å²) in [4.78, 5) is 2.21. The zero-order valence-corrected chi connectivity index (χ0v) is 9.69. The van der Waals surface area contributed by atoms with E-state index in [0.29, 0.717) is 19.0 Å². The van der Waals surface area contributed by atoms with Crippen LogP contribution < -0.4 is 5.73 Å². The summed E-state index contributed by atoms with van der Waals surface area (Å²) >= 11 is 0. The number of unbranched alkanes of at least 4 members (excludes halogenated alkanes) is 1. The largest absolute Gasteiger partial charge is 0.409 e. The molecule has 15 heavy (non-hydrogen) atoms. The summed E-state index contributed by atoms with van der Waals surface area (Å²) in [6.45, 7) is 6.06. The monoisotopic (exact) mass is 217 g/mol. The average molecular weight is 217 g/mol. The van der Waals surface area contributed by atoms with Gasteiger partial charge in [-0.2, -0.15) is 0 Å². The number of hydrogen-bond acceptors (Lipinski definition) is 4. The number of nitrogens with two attached hydrogens (primary N) is 1. The molecule has 0 radical (unpaired) electrons. The number of amidine groups is 1. The van der Waals surface area contributed by atoms with Crippen LogP contribution in [-0.4, -0.2) is 46.8 Å². The molecular formula is C10H23N3O2. The highest BCUT2D eigenvalue weighted by Crippen LogP contribution is 2.02. The van der Waals surface area contributed by atoms with Gasteiger partial charge in [-0.1, -0.05) is 5.16 Å². The topological polar surface area (TPSA) is 82.1 Å². The molecular weight excluding hydrogens is 194 g/mol. The molecule has 0 saturated heterocycles. The van der Waals surface area contributed by atoms with E-state index in [4.69, 9.17) is 16.0 Å². The molecule has 0 rings (SSSR count). The molecule has 0 fully saturated rings. The average Bonchev–Trinajstić information content (AvgIpc) is 2.21. The van der Waals surface area contributed by atoms with Crippen molar-refractivity contribution in [3.05, 3.63) is 0 Å². The molecule has 0 atom stereocenters. The van der Waals surface area contributed by atoms with Gasteiger partial charge in [0.2, 0.25) is 0 Å². The molecule has 5 nitrogen and oxygen atoms in total. The standard InChI is InChI=1S/C10H23N3O2/c1-9(2)13(7-8-14)6-4-3-5-10(11)12-15/h9,14-15H,3-8H2,1-2H3,(H2,11,12). The third-order valence-corrected chi connectivity index (χ3v) is 2.37. The van der Waals surface area contributed by atoms with Crippen LogP contribution in [0, 0.1) is 0 Å². The highest BCUT2D eigenvalue weighted by molar-refractivity contribution is 5.79. The molecule has 0 heterocycles. The number of hydrogen-bond donors (Lipinski definition) is 3. The van der Waals surface area contributed by atoms with E-state index in [1.807, 2.05) is 0 Å². The van der Waals surface area contributed by atoms with Gasteiger partial charge in [-0.25, -0.2) is 0 Å². The molecule has 0 aromatic heterocycles. The van der Waals surface area contributed by atoms with Gasteiger partial charge in [0.25, 0.3) is 0 Å². The predicted octanol–water partition coefficient (Wildman–Crippen LogP) is 0.606.